The lowest BCUT2D eigenvalue weighted by Crippen LogP contribution is -2.43. The summed E-state index contributed by atoms with van der Waals surface area (Å²) < 4.78 is 7.19. The van der Waals surface area contributed by atoms with Gasteiger partial charge in [0.05, 0.1) is 29.5 Å². The van der Waals surface area contributed by atoms with E-state index in [-0.39, 0.29) is 29.4 Å². The fourth-order valence-corrected chi connectivity index (χ4v) is 6.17. The van der Waals surface area contributed by atoms with Crippen LogP contribution < -0.4 is 15.0 Å². The number of methoxy groups -OCH3 is 1. The highest BCUT2D eigenvalue weighted by molar-refractivity contribution is 8.00. The molecule has 0 spiro atoms. The van der Waals surface area contributed by atoms with Gasteiger partial charge < -0.3 is 10.1 Å². The minimum Gasteiger partial charge on any atom is -0.497 e. The Morgan fingerprint density at radius 2 is 1.75 bits per heavy atom. The number of carbonyl (C=O) groups excluding carboxylic acids is 2. The number of aryl methyl sites for hydroxylation is 1. The van der Waals surface area contributed by atoms with Gasteiger partial charge in [0.25, 0.3) is 0 Å². The Morgan fingerprint density at radius 3 is 2.42 bits per heavy atom. The molecule has 1 aliphatic heterocycles. The van der Waals surface area contributed by atoms with Gasteiger partial charge >= 0.3 is 0 Å². The highest BCUT2D eigenvalue weighted by Gasteiger charge is 2.38. The molecule has 0 fully saturated rings. The number of nitrogens with zero attached hydrogens (tertiary/aromatic N) is 3. The zero-order valence-electron chi connectivity index (χ0n) is 23.3. The van der Waals surface area contributed by atoms with E-state index in [1.807, 2.05) is 85.3 Å². The largest absolute Gasteiger partial charge is 0.497 e. The summed E-state index contributed by atoms with van der Waals surface area (Å²) in [7, 11) is 1.63. The van der Waals surface area contributed by atoms with Gasteiger partial charge in [-0.1, -0.05) is 68.4 Å². The smallest absolute Gasteiger partial charge is 0.240 e. The van der Waals surface area contributed by atoms with Crippen molar-refractivity contribution in [2.75, 3.05) is 30.9 Å². The van der Waals surface area contributed by atoms with Crippen molar-refractivity contribution in [3.8, 4) is 22.7 Å². The van der Waals surface area contributed by atoms with Gasteiger partial charge in [-0.05, 0) is 48.2 Å². The number of amides is 2. The van der Waals surface area contributed by atoms with Crippen molar-refractivity contribution in [1.82, 2.24) is 15.1 Å². The first-order valence-electron chi connectivity index (χ1n) is 13.4. The molecule has 5 rings (SSSR count). The molecule has 2 amide bonds. The number of ether oxygens (including phenoxy) is 1. The Morgan fingerprint density at radius 1 is 1.05 bits per heavy atom. The van der Waals surface area contributed by atoms with Crippen LogP contribution in [0.4, 0.5) is 5.82 Å². The topological polar surface area (TPSA) is 76.5 Å². The predicted molar refractivity (Wildman–Crippen MR) is 161 cm³/mol. The van der Waals surface area contributed by atoms with Gasteiger partial charge in [0.2, 0.25) is 11.8 Å². The summed E-state index contributed by atoms with van der Waals surface area (Å²) in [5.41, 5.74) is 5.69. The molecule has 0 saturated heterocycles. The molecule has 4 aromatic rings. The number of hydrogen-bond acceptors (Lipinski definition) is 5. The Bertz CT molecular complexity index is 1500. The van der Waals surface area contributed by atoms with Gasteiger partial charge in [0.15, 0.2) is 0 Å². The van der Waals surface area contributed by atoms with E-state index >= 15 is 0 Å². The number of rotatable bonds is 8. The third-order valence-electron chi connectivity index (χ3n) is 6.93. The number of benzene rings is 3. The van der Waals surface area contributed by atoms with Crippen LogP contribution in [0.15, 0.2) is 78.9 Å². The number of thioether (sulfide) groups is 1. The van der Waals surface area contributed by atoms with Gasteiger partial charge in [-0.3, -0.25) is 14.5 Å². The average molecular weight is 555 g/mol. The van der Waals surface area contributed by atoms with Gasteiger partial charge in [-0.15, -0.1) is 11.8 Å². The number of fused-ring (bicyclic) bond motifs is 1. The molecule has 1 atom stereocenters. The molecule has 1 aliphatic rings. The second-order valence-corrected chi connectivity index (χ2v) is 11.4. The molecular formula is C32H34N4O3S. The summed E-state index contributed by atoms with van der Waals surface area (Å²) in [6.45, 7) is 6.64. The maximum Gasteiger partial charge on any atom is 0.240 e. The number of hydrogen-bond donors (Lipinski definition) is 1. The summed E-state index contributed by atoms with van der Waals surface area (Å²) in [6, 6.07) is 25.9. The fraction of sp³-hybridized carbons (Fsp3) is 0.281. The van der Waals surface area contributed by atoms with Gasteiger partial charge in [0.1, 0.15) is 18.1 Å². The molecule has 206 valence electrons. The number of nitrogens with one attached hydrogen (secondary N) is 1. The average Bonchev–Trinajstić information content (AvgIpc) is 3.30. The van der Waals surface area contributed by atoms with Crippen molar-refractivity contribution in [3.05, 3.63) is 95.6 Å². The zero-order chi connectivity index (χ0) is 28.2. The van der Waals surface area contributed by atoms with E-state index in [0.717, 1.165) is 39.4 Å². The van der Waals surface area contributed by atoms with E-state index in [1.165, 1.54) is 0 Å². The summed E-state index contributed by atoms with van der Waals surface area (Å²) >= 11 is 1.58. The molecule has 1 unspecified atom stereocenters. The first kappa shape index (κ1) is 27.5. The van der Waals surface area contributed by atoms with Crippen LogP contribution in [0.3, 0.4) is 0 Å². The van der Waals surface area contributed by atoms with Crippen molar-refractivity contribution in [1.29, 1.82) is 0 Å². The Hall–Kier alpha value is -4.04. The minimum atomic E-state index is -0.198. The van der Waals surface area contributed by atoms with Crippen LogP contribution >= 0.6 is 11.8 Å². The monoisotopic (exact) mass is 554 g/mol. The normalized spacial score (nSPS) is 15.1. The summed E-state index contributed by atoms with van der Waals surface area (Å²) in [5, 5.41) is 7.96. The summed E-state index contributed by atoms with van der Waals surface area (Å²) in [6.07, 6.45) is 0. The Kier molecular flexibility index (Phi) is 8.26. The molecule has 7 nitrogen and oxygen atoms in total. The lowest BCUT2D eigenvalue weighted by molar-refractivity contribution is -0.123. The van der Waals surface area contributed by atoms with Crippen LogP contribution in [0.25, 0.3) is 16.9 Å². The van der Waals surface area contributed by atoms with Crippen molar-refractivity contribution in [2.45, 2.75) is 26.0 Å². The van der Waals surface area contributed by atoms with Crippen LogP contribution in [-0.2, 0) is 9.59 Å². The lowest BCUT2D eigenvalue weighted by Gasteiger charge is -2.24. The third kappa shape index (κ3) is 5.63. The number of carbonyl (C=O) groups is 2. The van der Waals surface area contributed by atoms with E-state index in [1.54, 1.807) is 23.8 Å². The summed E-state index contributed by atoms with van der Waals surface area (Å²) in [5.74, 6) is 1.55. The minimum absolute atomic E-state index is 0.0876. The molecule has 8 heteroatoms. The van der Waals surface area contributed by atoms with Crippen molar-refractivity contribution in [2.24, 2.45) is 5.92 Å². The summed E-state index contributed by atoms with van der Waals surface area (Å²) in [4.78, 5) is 28.6. The van der Waals surface area contributed by atoms with Gasteiger partial charge in [-0.25, -0.2) is 4.68 Å². The second kappa shape index (κ2) is 12.0. The highest BCUT2D eigenvalue weighted by Crippen LogP contribution is 2.49. The van der Waals surface area contributed by atoms with Crippen LogP contribution in [0.1, 0.15) is 35.8 Å². The van der Waals surface area contributed by atoms with Crippen molar-refractivity contribution >= 4 is 29.4 Å². The maximum absolute atomic E-state index is 13.8. The van der Waals surface area contributed by atoms with E-state index in [9.17, 15) is 9.59 Å². The van der Waals surface area contributed by atoms with E-state index in [0.29, 0.717) is 18.3 Å². The van der Waals surface area contributed by atoms with Gasteiger partial charge in [0, 0.05) is 17.7 Å². The van der Waals surface area contributed by atoms with E-state index in [4.69, 9.17) is 9.84 Å². The Labute approximate surface area is 239 Å². The molecule has 0 saturated carbocycles. The van der Waals surface area contributed by atoms with Crippen LogP contribution in [-0.4, -0.2) is 47.5 Å². The van der Waals surface area contributed by atoms with E-state index < -0.39 is 0 Å². The Balaban J connectivity index is 1.77. The molecule has 0 aliphatic carbocycles. The number of anilines is 1. The molecule has 0 radical (unpaired) electrons. The lowest BCUT2D eigenvalue weighted by atomic mass is 9.97. The third-order valence-corrected chi connectivity index (χ3v) is 8.17. The molecule has 1 aromatic heterocycles. The zero-order valence-corrected chi connectivity index (χ0v) is 24.1. The quantitative estimate of drug-likeness (QED) is 0.298. The van der Waals surface area contributed by atoms with Crippen molar-refractivity contribution < 1.29 is 14.3 Å². The van der Waals surface area contributed by atoms with Crippen LogP contribution in [0.2, 0.25) is 0 Å². The maximum atomic E-state index is 13.8. The molecule has 1 N–H and O–H groups in total. The first-order chi connectivity index (χ1) is 19.4. The SMILES string of the molecule is COc1ccc(-n2nc(-c3ccccc3)c3c2N(CC(=O)NCC(C)C)C(=O)CSC3c2ccccc2C)cc1. The molecular weight excluding hydrogens is 520 g/mol. The second-order valence-electron chi connectivity index (χ2n) is 10.3. The molecule has 2 heterocycles. The first-order valence-corrected chi connectivity index (χ1v) is 14.5. The van der Waals surface area contributed by atoms with E-state index in [2.05, 4.69) is 24.4 Å². The van der Waals surface area contributed by atoms with Crippen LogP contribution in [0.5, 0.6) is 5.75 Å². The predicted octanol–water partition coefficient (Wildman–Crippen LogP) is 5.80. The van der Waals surface area contributed by atoms with Crippen LogP contribution in [0, 0.1) is 12.8 Å². The number of aromatic nitrogens is 2. The standard InChI is InChI=1S/C32H34N4O3S/c1-21(2)18-33-27(37)19-35-28(38)20-40-31(26-13-9-8-10-22(26)3)29-30(23-11-6-5-7-12-23)34-36(32(29)35)24-14-16-25(39-4)17-15-24/h5-17,21,31H,18-20H2,1-4H3,(H,33,37). The molecule has 0 bridgehead atoms. The molecule has 40 heavy (non-hydrogen) atoms. The van der Waals surface area contributed by atoms with Gasteiger partial charge in [-0.2, -0.15) is 5.10 Å². The van der Waals surface area contributed by atoms with Crippen molar-refractivity contribution in [3.63, 3.8) is 0 Å². The molecule has 3 aromatic carbocycles. The highest BCUT2D eigenvalue weighted by atomic mass is 32.2. The fourth-order valence-electron chi connectivity index (χ4n) is 4.88.